The average molecular weight is 192 g/mol. The van der Waals surface area contributed by atoms with Gasteiger partial charge in [-0.1, -0.05) is 30.3 Å². The Bertz CT molecular complexity index is 295. The van der Waals surface area contributed by atoms with Gasteiger partial charge in [-0.15, -0.1) is 0 Å². The second-order valence-electron chi connectivity index (χ2n) is 3.04. The summed E-state index contributed by atoms with van der Waals surface area (Å²) in [7, 11) is 1.85. The molecule has 1 unspecified atom stereocenters. The lowest BCUT2D eigenvalue weighted by Crippen LogP contribution is -2.16. The molecule has 0 spiro atoms. The molecule has 0 aliphatic rings. The lowest BCUT2D eigenvalue weighted by molar-refractivity contribution is 0.397. The Hall–Kier alpha value is -1.32. The third kappa shape index (κ3) is 2.87. The molecule has 0 amide bonds. The highest BCUT2D eigenvalue weighted by Crippen LogP contribution is 2.14. The zero-order valence-electron chi connectivity index (χ0n) is 8.27. The van der Waals surface area contributed by atoms with Crippen LogP contribution in [-0.4, -0.2) is 18.7 Å². The maximum absolute atomic E-state index is 9.32. The predicted octanol–water partition coefficient (Wildman–Crippen LogP) is 1.35. The molecule has 0 radical (unpaired) electrons. The van der Waals surface area contributed by atoms with Crippen LogP contribution in [0, 0.1) is 0 Å². The van der Waals surface area contributed by atoms with E-state index in [1.54, 1.807) is 6.08 Å². The highest BCUT2D eigenvalue weighted by atomic mass is 16.3. The molecule has 76 valence electrons. The molecule has 0 aliphatic carbocycles. The lowest BCUT2D eigenvalue weighted by Gasteiger charge is -2.12. The Kier molecular flexibility index (Phi) is 4.16. The van der Waals surface area contributed by atoms with Crippen molar-refractivity contribution < 1.29 is 5.11 Å². The summed E-state index contributed by atoms with van der Waals surface area (Å²) < 4.78 is 0. The van der Waals surface area contributed by atoms with Gasteiger partial charge in [0.25, 0.3) is 0 Å². The van der Waals surface area contributed by atoms with E-state index >= 15 is 0 Å². The standard InChI is InChI=1S/C11H16N2O/c1-13-11(7-10(14)8-12)9-5-3-2-4-6-9/h2-7,11,13-14H,8,12H2,1H3/b10-7-. The first-order valence-corrected chi connectivity index (χ1v) is 4.60. The zero-order chi connectivity index (χ0) is 10.4. The largest absolute Gasteiger partial charge is 0.511 e. The number of aliphatic hydroxyl groups excluding tert-OH is 1. The van der Waals surface area contributed by atoms with Crippen molar-refractivity contribution >= 4 is 0 Å². The molecular formula is C11H16N2O. The molecule has 14 heavy (non-hydrogen) atoms. The van der Waals surface area contributed by atoms with Crippen molar-refractivity contribution in [2.24, 2.45) is 5.73 Å². The molecule has 0 saturated heterocycles. The van der Waals surface area contributed by atoms with Gasteiger partial charge in [0, 0.05) is 0 Å². The van der Waals surface area contributed by atoms with E-state index in [-0.39, 0.29) is 18.3 Å². The number of aliphatic hydroxyl groups is 1. The molecule has 1 aromatic carbocycles. The molecule has 0 aliphatic heterocycles. The fraction of sp³-hybridized carbons (Fsp3) is 0.273. The van der Waals surface area contributed by atoms with Gasteiger partial charge in [-0.05, 0) is 18.7 Å². The molecule has 0 fully saturated rings. The Balaban J connectivity index is 2.83. The first-order chi connectivity index (χ1) is 6.77. The Morgan fingerprint density at radius 2 is 2.14 bits per heavy atom. The average Bonchev–Trinajstić information content (AvgIpc) is 2.26. The summed E-state index contributed by atoms with van der Waals surface area (Å²) >= 11 is 0. The first kappa shape index (κ1) is 10.8. The van der Waals surface area contributed by atoms with Crippen LogP contribution in [0.15, 0.2) is 42.2 Å². The van der Waals surface area contributed by atoms with Crippen LogP contribution in [0.3, 0.4) is 0 Å². The second kappa shape index (κ2) is 5.42. The van der Waals surface area contributed by atoms with Crippen LogP contribution in [0.25, 0.3) is 0 Å². The van der Waals surface area contributed by atoms with Gasteiger partial charge in [-0.3, -0.25) is 0 Å². The fourth-order valence-electron chi connectivity index (χ4n) is 1.27. The summed E-state index contributed by atoms with van der Waals surface area (Å²) in [5.41, 5.74) is 6.41. The molecule has 0 saturated carbocycles. The number of nitrogens with two attached hydrogens (primary N) is 1. The van der Waals surface area contributed by atoms with Gasteiger partial charge in [0.15, 0.2) is 0 Å². The second-order valence-corrected chi connectivity index (χ2v) is 3.04. The highest BCUT2D eigenvalue weighted by molar-refractivity contribution is 5.23. The summed E-state index contributed by atoms with van der Waals surface area (Å²) in [5, 5.41) is 12.4. The molecule has 1 rings (SSSR count). The van der Waals surface area contributed by atoms with Gasteiger partial charge in [0.05, 0.1) is 12.6 Å². The maximum atomic E-state index is 9.32. The number of rotatable bonds is 4. The molecule has 4 N–H and O–H groups in total. The number of hydrogen-bond acceptors (Lipinski definition) is 3. The van der Waals surface area contributed by atoms with Gasteiger partial charge in [0.2, 0.25) is 0 Å². The van der Waals surface area contributed by atoms with E-state index in [1.165, 1.54) is 0 Å². The monoisotopic (exact) mass is 192 g/mol. The molecule has 0 aromatic heterocycles. The van der Waals surface area contributed by atoms with Crippen LogP contribution in [-0.2, 0) is 0 Å². The first-order valence-electron chi connectivity index (χ1n) is 4.60. The van der Waals surface area contributed by atoms with Crippen molar-refractivity contribution in [1.29, 1.82) is 0 Å². The third-order valence-electron chi connectivity index (χ3n) is 2.04. The SMILES string of the molecule is CNC(/C=C(\O)CN)c1ccccc1. The van der Waals surface area contributed by atoms with Crippen LogP contribution in [0.4, 0.5) is 0 Å². The van der Waals surface area contributed by atoms with Crippen LogP contribution in [0.2, 0.25) is 0 Å². The van der Waals surface area contributed by atoms with E-state index in [9.17, 15) is 5.11 Å². The van der Waals surface area contributed by atoms with Gasteiger partial charge < -0.3 is 16.2 Å². The Labute approximate surface area is 84.3 Å². The molecule has 3 heteroatoms. The fourth-order valence-corrected chi connectivity index (χ4v) is 1.27. The number of likely N-dealkylation sites (N-methyl/N-ethyl adjacent to an activating group) is 1. The predicted molar refractivity (Wildman–Crippen MR) is 58.0 cm³/mol. The minimum absolute atomic E-state index is 0.0137. The summed E-state index contributed by atoms with van der Waals surface area (Å²) in [6.07, 6.45) is 1.72. The van der Waals surface area contributed by atoms with Crippen molar-refractivity contribution in [3.63, 3.8) is 0 Å². The van der Waals surface area contributed by atoms with Crippen molar-refractivity contribution in [3.8, 4) is 0 Å². The highest BCUT2D eigenvalue weighted by Gasteiger charge is 2.05. The van der Waals surface area contributed by atoms with E-state index < -0.39 is 0 Å². The molecular weight excluding hydrogens is 176 g/mol. The normalized spacial score (nSPS) is 14.0. The summed E-state index contributed by atoms with van der Waals surface area (Å²) in [4.78, 5) is 0. The molecule has 0 heterocycles. The Morgan fingerprint density at radius 3 is 2.64 bits per heavy atom. The van der Waals surface area contributed by atoms with Gasteiger partial charge in [0.1, 0.15) is 5.76 Å². The smallest absolute Gasteiger partial charge is 0.104 e. The van der Waals surface area contributed by atoms with Crippen LogP contribution in [0.5, 0.6) is 0 Å². The van der Waals surface area contributed by atoms with E-state index in [1.807, 2.05) is 37.4 Å². The van der Waals surface area contributed by atoms with Crippen molar-refractivity contribution in [2.75, 3.05) is 13.6 Å². The number of hydrogen-bond donors (Lipinski definition) is 3. The van der Waals surface area contributed by atoms with Crippen LogP contribution in [0.1, 0.15) is 11.6 Å². The van der Waals surface area contributed by atoms with E-state index in [0.29, 0.717) is 0 Å². The molecule has 0 bridgehead atoms. The zero-order valence-corrected chi connectivity index (χ0v) is 8.27. The van der Waals surface area contributed by atoms with Crippen molar-refractivity contribution in [3.05, 3.63) is 47.7 Å². The Morgan fingerprint density at radius 1 is 1.50 bits per heavy atom. The van der Waals surface area contributed by atoms with Gasteiger partial charge in [-0.2, -0.15) is 0 Å². The summed E-state index contributed by atoms with van der Waals surface area (Å²) in [6, 6.07) is 9.91. The topological polar surface area (TPSA) is 58.3 Å². The van der Waals surface area contributed by atoms with E-state index in [4.69, 9.17) is 5.73 Å². The van der Waals surface area contributed by atoms with Crippen LogP contribution < -0.4 is 11.1 Å². The van der Waals surface area contributed by atoms with E-state index in [0.717, 1.165) is 5.56 Å². The van der Waals surface area contributed by atoms with Gasteiger partial charge in [-0.25, -0.2) is 0 Å². The summed E-state index contributed by atoms with van der Waals surface area (Å²) in [5.74, 6) is 0.202. The minimum Gasteiger partial charge on any atom is -0.511 e. The van der Waals surface area contributed by atoms with Crippen molar-refractivity contribution in [1.82, 2.24) is 5.32 Å². The molecule has 3 nitrogen and oxygen atoms in total. The number of nitrogens with one attached hydrogen (secondary N) is 1. The number of benzene rings is 1. The quantitative estimate of drug-likeness (QED) is 0.631. The lowest BCUT2D eigenvalue weighted by atomic mass is 10.1. The minimum atomic E-state index is 0.0137. The maximum Gasteiger partial charge on any atom is 0.104 e. The third-order valence-corrected chi connectivity index (χ3v) is 2.04. The molecule has 1 atom stereocenters. The summed E-state index contributed by atoms with van der Waals surface area (Å²) in [6.45, 7) is 0.172. The van der Waals surface area contributed by atoms with Gasteiger partial charge >= 0.3 is 0 Å². The van der Waals surface area contributed by atoms with E-state index in [2.05, 4.69) is 5.32 Å². The van der Waals surface area contributed by atoms with Crippen molar-refractivity contribution in [2.45, 2.75) is 6.04 Å². The van der Waals surface area contributed by atoms with Crippen LogP contribution >= 0.6 is 0 Å². The molecule has 1 aromatic rings.